The summed E-state index contributed by atoms with van der Waals surface area (Å²) in [6, 6.07) is 14.8. The Kier molecular flexibility index (Phi) is 6.23. The zero-order chi connectivity index (χ0) is 18.5. The molecule has 0 atom stereocenters. The second kappa shape index (κ2) is 8.01. The van der Waals surface area contributed by atoms with Gasteiger partial charge in [0.1, 0.15) is 24.7 Å². The molecule has 0 aliphatic carbocycles. The summed E-state index contributed by atoms with van der Waals surface area (Å²) < 4.78 is 19.4. The van der Waals surface area contributed by atoms with E-state index in [1.165, 1.54) is 11.6 Å². The first-order chi connectivity index (χ1) is 11.6. The minimum absolute atomic E-state index is 0.183. The van der Waals surface area contributed by atoms with Crippen molar-refractivity contribution in [3.8, 4) is 5.75 Å². The molecule has 0 heterocycles. The third kappa shape index (κ3) is 6.87. The van der Waals surface area contributed by atoms with Crippen molar-refractivity contribution < 1.29 is 14.4 Å². The van der Waals surface area contributed by atoms with Gasteiger partial charge in [-0.3, -0.25) is 0 Å². The zero-order valence-electron chi connectivity index (χ0n) is 16.1. The summed E-state index contributed by atoms with van der Waals surface area (Å²) in [5, 5.41) is 2.38. The third-order valence-electron chi connectivity index (χ3n) is 4.13. The molecule has 0 fully saturated rings. The van der Waals surface area contributed by atoms with Gasteiger partial charge in [-0.2, -0.15) is 0 Å². The van der Waals surface area contributed by atoms with Crippen molar-refractivity contribution >= 4 is 0 Å². The molecule has 2 N–H and O–H groups in total. The normalized spacial score (nSPS) is 12.2. The highest BCUT2D eigenvalue weighted by molar-refractivity contribution is 5.28. The Labute approximate surface area is 151 Å². The van der Waals surface area contributed by atoms with Gasteiger partial charge in [-0.05, 0) is 37.5 Å². The highest BCUT2D eigenvalue weighted by Gasteiger charge is 2.28. The first-order valence-corrected chi connectivity index (χ1v) is 8.94. The van der Waals surface area contributed by atoms with E-state index in [1.807, 2.05) is 24.3 Å². The van der Waals surface area contributed by atoms with Gasteiger partial charge in [0.15, 0.2) is 0 Å². The van der Waals surface area contributed by atoms with Crippen LogP contribution in [-0.4, -0.2) is 5.54 Å². The number of quaternary nitrogens is 1. The van der Waals surface area contributed by atoms with Gasteiger partial charge in [0.2, 0.25) is 0 Å². The van der Waals surface area contributed by atoms with Crippen LogP contribution in [0.3, 0.4) is 0 Å². The molecule has 136 valence electrons. The van der Waals surface area contributed by atoms with Gasteiger partial charge in [0.25, 0.3) is 0 Å². The molecule has 3 heteroatoms. The van der Waals surface area contributed by atoms with Crippen LogP contribution in [0.5, 0.6) is 5.75 Å². The highest BCUT2D eigenvalue weighted by Crippen LogP contribution is 2.24. The van der Waals surface area contributed by atoms with Crippen LogP contribution >= 0.6 is 0 Å². The van der Waals surface area contributed by atoms with E-state index in [9.17, 15) is 4.39 Å². The maximum Gasteiger partial charge on any atom is 0.129 e. The van der Waals surface area contributed by atoms with E-state index < -0.39 is 0 Å². The van der Waals surface area contributed by atoms with E-state index in [0.29, 0.717) is 11.0 Å². The Hall–Kier alpha value is -1.87. The SMILES string of the molecule is CC(C)(C)CC(C)(C)[NH2+]Cc1cccc(OCc2ccccc2F)c1. The summed E-state index contributed by atoms with van der Waals surface area (Å²) in [7, 11) is 0. The number of benzene rings is 2. The molecule has 0 unspecified atom stereocenters. The Morgan fingerprint density at radius 3 is 2.36 bits per heavy atom. The molecular formula is C22H31FNO+. The summed E-state index contributed by atoms with van der Waals surface area (Å²) in [6.07, 6.45) is 1.14. The van der Waals surface area contributed by atoms with Crippen molar-refractivity contribution in [3.05, 3.63) is 65.5 Å². The van der Waals surface area contributed by atoms with Gasteiger partial charge in [-0.1, -0.05) is 51.1 Å². The van der Waals surface area contributed by atoms with Gasteiger partial charge in [0.05, 0.1) is 5.54 Å². The fourth-order valence-electron chi connectivity index (χ4n) is 3.37. The average Bonchev–Trinajstić information content (AvgIpc) is 2.51. The summed E-state index contributed by atoms with van der Waals surface area (Å²) in [5.41, 5.74) is 2.28. The monoisotopic (exact) mass is 344 g/mol. The van der Waals surface area contributed by atoms with Crippen molar-refractivity contribution in [2.45, 2.75) is 59.7 Å². The lowest BCUT2D eigenvalue weighted by molar-refractivity contribution is -0.737. The molecule has 0 spiro atoms. The summed E-state index contributed by atoms with van der Waals surface area (Å²) in [5.74, 6) is 0.554. The Balaban J connectivity index is 1.94. The van der Waals surface area contributed by atoms with Crippen molar-refractivity contribution in [3.63, 3.8) is 0 Å². The molecule has 0 aromatic heterocycles. The lowest BCUT2D eigenvalue weighted by Crippen LogP contribution is -2.94. The number of hydrogen-bond donors (Lipinski definition) is 1. The minimum Gasteiger partial charge on any atom is -0.489 e. The molecule has 25 heavy (non-hydrogen) atoms. The Morgan fingerprint density at radius 1 is 0.960 bits per heavy atom. The van der Waals surface area contributed by atoms with Crippen molar-refractivity contribution in [2.24, 2.45) is 5.41 Å². The summed E-state index contributed by atoms with van der Waals surface area (Å²) in [6.45, 7) is 12.6. The molecule has 0 aliphatic heterocycles. The molecule has 2 aromatic carbocycles. The quantitative estimate of drug-likeness (QED) is 0.775. The van der Waals surface area contributed by atoms with Crippen LogP contribution in [0.25, 0.3) is 0 Å². The molecular weight excluding hydrogens is 313 g/mol. The van der Waals surface area contributed by atoms with E-state index in [2.05, 4.69) is 46.0 Å². The first kappa shape index (κ1) is 19.5. The zero-order valence-corrected chi connectivity index (χ0v) is 16.1. The van der Waals surface area contributed by atoms with E-state index >= 15 is 0 Å². The number of rotatable bonds is 7. The topological polar surface area (TPSA) is 25.8 Å². The van der Waals surface area contributed by atoms with Crippen molar-refractivity contribution in [2.75, 3.05) is 0 Å². The Morgan fingerprint density at radius 2 is 1.68 bits per heavy atom. The minimum atomic E-state index is -0.226. The van der Waals surface area contributed by atoms with Crippen LogP contribution in [0.2, 0.25) is 0 Å². The van der Waals surface area contributed by atoms with E-state index in [1.54, 1.807) is 12.1 Å². The van der Waals surface area contributed by atoms with Crippen LogP contribution in [0, 0.1) is 11.2 Å². The molecule has 0 aliphatic rings. The van der Waals surface area contributed by atoms with Crippen LogP contribution in [-0.2, 0) is 13.2 Å². The number of nitrogens with two attached hydrogens (primary N) is 1. The van der Waals surface area contributed by atoms with Gasteiger partial charge < -0.3 is 10.1 Å². The van der Waals surface area contributed by atoms with E-state index in [-0.39, 0.29) is 18.0 Å². The van der Waals surface area contributed by atoms with Crippen LogP contribution in [0.15, 0.2) is 48.5 Å². The number of halogens is 1. The van der Waals surface area contributed by atoms with Gasteiger partial charge in [-0.15, -0.1) is 0 Å². The predicted molar refractivity (Wildman–Crippen MR) is 101 cm³/mol. The number of ether oxygens (including phenoxy) is 1. The standard InChI is InChI=1S/C22H30FNO/c1-21(2,3)16-22(4,5)24-14-17-9-8-11-19(13-17)25-15-18-10-6-7-12-20(18)23/h6-13,24H,14-16H2,1-5H3/p+1. The van der Waals surface area contributed by atoms with Gasteiger partial charge >= 0.3 is 0 Å². The lowest BCUT2D eigenvalue weighted by Gasteiger charge is -2.30. The predicted octanol–water partition coefficient (Wildman–Crippen LogP) is 4.68. The van der Waals surface area contributed by atoms with Gasteiger partial charge in [-0.25, -0.2) is 4.39 Å². The van der Waals surface area contributed by atoms with Crippen LogP contribution < -0.4 is 10.1 Å². The molecule has 0 saturated carbocycles. The lowest BCUT2D eigenvalue weighted by atomic mass is 9.82. The smallest absolute Gasteiger partial charge is 0.129 e. The molecule has 0 saturated heterocycles. The Bertz CT molecular complexity index is 688. The maximum absolute atomic E-state index is 13.7. The van der Waals surface area contributed by atoms with Crippen LogP contribution in [0.4, 0.5) is 4.39 Å². The van der Waals surface area contributed by atoms with Crippen LogP contribution in [0.1, 0.15) is 52.2 Å². The van der Waals surface area contributed by atoms with Crippen molar-refractivity contribution in [1.82, 2.24) is 0 Å². The molecule has 0 amide bonds. The van der Waals surface area contributed by atoms with E-state index in [0.717, 1.165) is 18.7 Å². The van der Waals surface area contributed by atoms with Gasteiger partial charge in [0, 0.05) is 17.5 Å². The van der Waals surface area contributed by atoms with Crippen molar-refractivity contribution in [1.29, 1.82) is 0 Å². The second-order valence-corrected chi connectivity index (χ2v) is 8.66. The first-order valence-electron chi connectivity index (χ1n) is 8.94. The fourth-order valence-corrected chi connectivity index (χ4v) is 3.37. The average molecular weight is 344 g/mol. The maximum atomic E-state index is 13.7. The summed E-state index contributed by atoms with van der Waals surface area (Å²) in [4.78, 5) is 0. The largest absolute Gasteiger partial charge is 0.489 e. The van der Waals surface area contributed by atoms with E-state index in [4.69, 9.17) is 4.74 Å². The molecule has 2 rings (SSSR count). The summed E-state index contributed by atoms with van der Waals surface area (Å²) >= 11 is 0. The molecule has 2 aromatic rings. The third-order valence-corrected chi connectivity index (χ3v) is 4.13. The number of hydrogen-bond acceptors (Lipinski definition) is 1. The fraction of sp³-hybridized carbons (Fsp3) is 0.455. The highest BCUT2D eigenvalue weighted by atomic mass is 19.1. The second-order valence-electron chi connectivity index (χ2n) is 8.66. The molecule has 2 nitrogen and oxygen atoms in total. The molecule has 0 bridgehead atoms. The molecule has 0 radical (unpaired) electrons.